The van der Waals surface area contributed by atoms with E-state index in [0.717, 1.165) is 5.56 Å². The van der Waals surface area contributed by atoms with E-state index in [9.17, 15) is 9.59 Å². The van der Waals surface area contributed by atoms with Crippen LogP contribution in [0.15, 0.2) is 18.2 Å². The van der Waals surface area contributed by atoms with Crippen LogP contribution in [0, 0.1) is 6.92 Å². The average Bonchev–Trinajstić information content (AvgIpc) is 2.29. The number of primary amides is 1. The first-order valence-corrected chi connectivity index (χ1v) is 5.70. The zero-order valence-electron chi connectivity index (χ0n) is 10.5. The molecule has 1 rings (SSSR count). The lowest BCUT2D eigenvalue weighted by atomic mass is 10.1. The van der Waals surface area contributed by atoms with Gasteiger partial charge in [-0.05, 0) is 44.5 Å². The molecule has 1 aromatic rings. The maximum Gasteiger partial charge on any atom is 0.253 e. The van der Waals surface area contributed by atoms with Gasteiger partial charge in [-0.2, -0.15) is 0 Å². The monoisotopic (exact) mass is 234 g/mol. The van der Waals surface area contributed by atoms with Gasteiger partial charge in [-0.1, -0.05) is 0 Å². The first kappa shape index (κ1) is 13.2. The number of nitrogens with two attached hydrogens (primary N) is 1. The van der Waals surface area contributed by atoms with Crippen molar-refractivity contribution in [2.45, 2.75) is 20.8 Å². The Bertz CT molecular complexity index is 437. The van der Waals surface area contributed by atoms with Crippen molar-refractivity contribution < 1.29 is 9.59 Å². The van der Waals surface area contributed by atoms with E-state index < -0.39 is 5.91 Å². The number of amides is 2. The molecular formula is C13H18N2O2. The van der Waals surface area contributed by atoms with E-state index in [1.165, 1.54) is 0 Å². The second kappa shape index (κ2) is 5.48. The molecular weight excluding hydrogens is 216 g/mol. The minimum atomic E-state index is -0.512. The zero-order valence-corrected chi connectivity index (χ0v) is 10.5. The van der Waals surface area contributed by atoms with Crippen molar-refractivity contribution in [3.8, 4) is 0 Å². The summed E-state index contributed by atoms with van der Waals surface area (Å²) in [6.07, 6.45) is 0. The molecule has 0 saturated heterocycles. The second-order valence-corrected chi connectivity index (χ2v) is 3.93. The van der Waals surface area contributed by atoms with Gasteiger partial charge in [0.2, 0.25) is 5.91 Å². The van der Waals surface area contributed by atoms with Crippen LogP contribution in [0.3, 0.4) is 0 Å². The Kier molecular flexibility index (Phi) is 4.26. The predicted octanol–water partition coefficient (Wildman–Crippen LogP) is 1.58. The Hall–Kier alpha value is -1.84. The molecule has 2 amide bonds. The predicted molar refractivity (Wildman–Crippen MR) is 66.9 cm³/mol. The lowest BCUT2D eigenvalue weighted by Crippen LogP contribution is -2.30. The van der Waals surface area contributed by atoms with E-state index in [2.05, 4.69) is 0 Å². The Morgan fingerprint density at radius 3 is 2.12 bits per heavy atom. The number of aryl methyl sites for hydroxylation is 1. The summed E-state index contributed by atoms with van der Waals surface area (Å²) in [6.45, 7) is 6.98. The molecule has 0 radical (unpaired) electrons. The van der Waals surface area contributed by atoms with Crippen LogP contribution in [-0.4, -0.2) is 29.8 Å². The number of carbonyl (C=O) groups is 2. The standard InChI is InChI=1S/C13H18N2O2/c1-4-15(5-2)13(17)11-7-9(3)6-10(8-11)12(14)16/h6-8H,4-5H2,1-3H3,(H2,14,16). The highest BCUT2D eigenvalue weighted by atomic mass is 16.2. The number of nitrogens with zero attached hydrogens (tertiary/aromatic N) is 1. The number of rotatable bonds is 4. The molecule has 2 N–H and O–H groups in total. The van der Waals surface area contributed by atoms with Crippen LogP contribution >= 0.6 is 0 Å². The summed E-state index contributed by atoms with van der Waals surface area (Å²) in [4.78, 5) is 24.9. The number of benzene rings is 1. The Balaban J connectivity index is 3.13. The molecule has 0 aromatic heterocycles. The molecule has 0 atom stereocenters. The van der Waals surface area contributed by atoms with Crippen LogP contribution in [0.5, 0.6) is 0 Å². The molecule has 0 saturated carbocycles. The quantitative estimate of drug-likeness (QED) is 0.859. The molecule has 4 heteroatoms. The van der Waals surface area contributed by atoms with Gasteiger partial charge in [0.15, 0.2) is 0 Å². The van der Waals surface area contributed by atoms with Crippen molar-refractivity contribution in [2.75, 3.05) is 13.1 Å². The molecule has 0 aliphatic carbocycles. The third-order valence-electron chi connectivity index (χ3n) is 2.66. The van der Waals surface area contributed by atoms with E-state index in [0.29, 0.717) is 24.2 Å². The van der Waals surface area contributed by atoms with Crippen molar-refractivity contribution in [2.24, 2.45) is 5.73 Å². The highest BCUT2D eigenvalue weighted by molar-refractivity contribution is 5.99. The maximum atomic E-state index is 12.1. The number of hydrogen-bond donors (Lipinski definition) is 1. The van der Waals surface area contributed by atoms with Crippen molar-refractivity contribution in [3.05, 3.63) is 34.9 Å². The molecule has 0 aliphatic heterocycles. The molecule has 0 spiro atoms. The number of hydrogen-bond acceptors (Lipinski definition) is 2. The fourth-order valence-electron chi connectivity index (χ4n) is 1.74. The van der Waals surface area contributed by atoms with Gasteiger partial charge in [0.05, 0.1) is 0 Å². The maximum absolute atomic E-state index is 12.1. The summed E-state index contributed by atoms with van der Waals surface area (Å²) >= 11 is 0. The third kappa shape index (κ3) is 3.06. The van der Waals surface area contributed by atoms with Crippen LogP contribution in [0.2, 0.25) is 0 Å². The van der Waals surface area contributed by atoms with Gasteiger partial charge in [-0.3, -0.25) is 9.59 Å². The first-order chi connectivity index (χ1) is 7.99. The summed E-state index contributed by atoms with van der Waals surface area (Å²) < 4.78 is 0. The summed E-state index contributed by atoms with van der Waals surface area (Å²) in [5.74, 6) is -0.580. The third-order valence-corrected chi connectivity index (χ3v) is 2.66. The van der Waals surface area contributed by atoms with Crippen molar-refractivity contribution >= 4 is 11.8 Å². The Morgan fingerprint density at radius 2 is 1.65 bits per heavy atom. The minimum absolute atomic E-state index is 0.0683. The van der Waals surface area contributed by atoms with Gasteiger partial charge in [0.1, 0.15) is 0 Å². The Morgan fingerprint density at radius 1 is 1.12 bits per heavy atom. The van der Waals surface area contributed by atoms with Gasteiger partial charge in [-0.15, -0.1) is 0 Å². The van der Waals surface area contributed by atoms with Crippen molar-refractivity contribution in [1.82, 2.24) is 4.90 Å². The summed E-state index contributed by atoms with van der Waals surface area (Å²) in [5, 5.41) is 0. The topological polar surface area (TPSA) is 63.4 Å². The summed E-state index contributed by atoms with van der Waals surface area (Å²) in [7, 11) is 0. The molecule has 17 heavy (non-hydrogen) atoms. The first-order valence-electron chi connectivity index (χ1n) is 5.70. The lowest BCUT2D eigenvalue weighted by molar-refractivity contribution is 0.0773. The molecule has 1 aromatic carbocycles. The van der Waals surface area contributed by atoms with Crippen LogP contribution in [-0.2, 0) is 0 Å². The van der Waals surface area contributed by atoms with Crippen LogP contribution in [0.25, 0.3) is 0 Å². The van der Waals surface area contributed by atoms with Gasteiger partial charge in [0.25, 0.3) is 5.91 Å². The minimum Gasteiger partial charge on any atom is -0.366 e. The largest absolute Gasteiger partial charge is 0.366 e. The number of carbonyl (C=O) groups excluding carboxylic acids is 2. The van der Waals surface area contributed by atoms with Gasteiger partial charge < -0.3 is 10.6 Å². The van der Waals surface area contributed by atoms with E-state index >= 15 is 0 Å². The lowest BCUT2D eigenvalue weighted by Gasteiger charge is -2.19. The molecule has 0 heterocycles. The molecule has 0 aliphatic rings. The molecule has 0 bridgehead atoms. The molecule has 0 fully saturated rings. The van der Waals surface area contributed by atoms with Gasteiger partial charge >= 0.3 is 0 Å². The Labute approximate surface area is 101 Å². The van der Waals surface area contributed by atoms with Crippen molar-refractivity contribution in [1.29, 1.82) is 0 Å². The van der Waals surface area contributed by atoms with Crippen LogP contribution in [0.4, 0.5) is 0 Å². The fourth-order valence-corrected chi connectivity index (χ4v) is 1.74. The van der Waals surface area contributed by atoms with E-state index in [4.69, 9.17) is 5.73 Å². The second-order valence-electron chi connectivity index (χ2n) is 3.93. The van der Waals surface area contributed by atoms with Crippen LogP contribution in [0.1, 0.15) is 40.1 Å². The zero-order chi connectivity index (χ0) is 13.0. The highest BCUT2D eigenvalue weighted by Gasteiger charge is 2.14. The highest BCUT2D eigenvalue weighted by Crippen LogP contribution is 2.12. The van der Waals surface area contributed by atoms with E-state index in [1.54, 1.807) is 23.1 Å². The van der Waals surface area contributed by atoms with Gasteiger partial charge in [-0.25, -0.2) is 0 Å². The summed E-state index contributed by atoms with van der Waals surface area (Å²) in [6, 6.07) is 5.00. The van der Waals surface area contributed by atoms with E-state index in [-0.39, 0.29) is 5.91 Å². The average molecular weight is 234 g/mol. The van der Waals surface area contributed by atoms with Gasteiger partial charge in [0, 0.05) is 24.2 Å². The molecule has 0 unspecified atom stereocenters. The SMILES string of the molecule is CCN(CC)C(=O)c1cc(C)cc(C(N)=O)c1. The smallest absolute Gasteiger partial charge is 0.253 e. The molecule has 4 nitrogen and oxygen atoms in total. The van der Waals surface area contributed by atoms with E-state index in [1.807, 2.05) is 20.8 Å². The van der Waals surface area contributed by atoms with Crippen molar-refractivity contribution in [3.63, 3.8) is 0 Å². The fraction of sp³-hybridized carbons (Fsp3) is 0.385. The van der Waals surface area contributed by atoms with Crippen LogP contribution < -0.4 is 5.73 Å². The summed E-state index contributed by atoms with van der Waals surface area (Å²) in [5.41, 5.74) is 6.98. The molecule has 92 valence electrons. The normalized spacial score (nSPS) is 10.1.